The maximum Gasteiger partial charge on any atom is 0.471 e. The number of hydrogen-bond acceptors (Lipinski definition) is 3. The molecule has 20 heavy (non-hydrogen) atoms. The molecule has 10 heteroatoms. The van der Waals surface area contributed by atoms with Gasteiger partial charge in [0.1, 0.15) is 15.2 Å². The zero-order valence-corrected chi connectivity index (χ0v) is 12.7. The molecule has 0 fully saturated rings. The number of carboxylic acid groups (broad SMARTS) is 1. The number of pyridine rings is 1. The highest BCUT2D eigenvalue weighted by Gasteiger charge is 2.40. The second-order valence-corrected chi connectivity index (χ2v) is 5.31. The van der Waals surface area contributed by atoms with E-state index >= 15 is 0 Å². The Balaban J connectivity index is 2.88. The van der Waals surface area contributed by atoms with Crippen molar-refractivity contribution in [3.05, 3.63) is 26.9 Å². The van der Waals surface area contributed by atoms with Gasteiger partial charge in [-0.1, -0.05) is 0 Å². The molecule has 0 aliphatic rings. The summed E-state index contributed by atoms with van der Waals surface area (Å²) >= 11 is 6.13. The average molecular weight is 420 g/mol. The number of nitrogens with one attached hydrogen (secondary N) is 1. The first kappa shape index (κ1) is 16.9. The minimum atomic E-state index is -5.13. The third-order valence-corrected chi connectivity index (χ3v) is 2.94. The van der Waals surface area contributed by atoms with Crippen molar-refractivity contribution in [3.8, 4) is 0 Å². The van der Waals surface area contributed by atoms with Crippen LogP contribution in [0.15, 0.2) is 21.3 Å². The molecule has 0 radical (unpaired) electrons. The molecule has 110 valence electrons. The minimum Gasteiger partial charge on any atom is -0.480 e. The molecule has 0 aliphatic heterocycles. The van der Waals surface area contributed by atoms with Crippen LogP contribution in [-0.4, -0.2) is 34.2 Å². The predicted octanol–water partition coefficient (Wildman–Crippen LogP) is 2.28. The first-order valence-electron chi connectivity index (χ1n) is 5.02. The number of carbonyl (C=O) groups is 2. The van der Waals surface area contributed by atoms with Crippen LogP contribution in [0.2, 0.25) is 0 Å². The molecule has 0 saturated heterocycles. The monoisotopic (exact) mass is 418 g/mol. The lowest BCUT2D eigenvalue weighted by atomic mass is 10.1. The quantitative estimate of drug-likeness (QED) is 0.734. The largest absolute Gasteiger partial charge is 0.480 e. The highest BCUT2D eigenvalue weighted by molar-refractivity contribution is 9.11. The summed E-state index contributed by atoms with van der Waals surface area (Å²) in [5, 5.41) is 10.3. The molecule has 1 atom stereocenters. The van der Waals surface area contributed by atoms with E-state index in [0.29, 0.717) is 14.8 Å². The van der Waals surface area contributed by atoms with Crippen molar-refractivity contribution in [2.45, 2.75) is 18.6 Å². The fourth-order valence-corrected chi connectivity index (χ4v) is 2.52. The van der Waals surface area contributed by atoms with E-state index < -0.39 is 24.1 Å². The van der Waals surface area contributed by atoms with Gasteiger partial charge in [0.05, 0.1) is 0 Å². The highest BCUT2D eigenvalue weighted by Crippen LogP contribution is 2.18. The van der Waals surface area contributed by atoms with E-state index in [1.165, 1.54) is 17.4 Å². The molecule has 1 aromatic rings. The summed E-state index contributed by atoms with van der Waals surface area (Å²) < 4.78 is 37.1. The lowest BCUT2D eigenvalue weighted by molar-refractivity contribution is -0.175. The Kier molecular flexibility index (Phi) is 5.51. The second kappa shape index (κ2) is 6.53. The number of carboxylic acids is 1. The van der Waals surface area contributed by atoms with Crippen molar-refractivity contribution in [2.75, 3.05) is 0 Å². The van der Waals surface area contributed by atoms with E-state index in [1.54, 1.807) is 0 Å². The van der Waals surface area contributed by atoms with E-state index in [9.17, 15) is 22.8 Å². The summed E-state index contributed by atoms with van der Waals surface area (Å²) in [7, 11) is 0. The van der Waals surface area contributed by atoms with Crippen molar-refractivity contribution in [1.82, 2.24) is 10.3 Å². The van der Waals surface area contributed by atoms with E-state index in [0.717, 1.165) is 0 Å². The standard InChI is InChI=1S/C10H7Br2F3N2O3/c11-6-2-4(3-7(12)17-6)1-5(8(18)19)16-9(20)10(13,14)15/h2-3,5H,1H2,(H,16,20)(H,18,19). The van der Waals surface area contributed by atoms with Gasteiger partial charge in [-0.25, -0.2) is 9.78 Å². The van der Waals surface area contributed by atoms with Gasteiger partial charge in [0.15, 0.2) is 0 Å². The van der Waals surface area contributed by atoms with Crippen LogP contribution in [0.4, 0.5) is 13.2 Å². The molecule has 0 aliphatic carbocycles. The van der Waals surface area contributed by atoms with Crippen LogP contribution in [0.5, 0.6) is 0 Å². The number of nitrogens with zero attached hydrogens (tertiary/aromatic N) is 1. The number of halogens is 5. The molecule has 1 aromatic heterocycles. The Bertz CT molecular complexity index is 517. The van der Waals surface area contributed by atoms with Crippen LogP contribution in [0, 0.1) is 0 Å². The molecule has 1 heterocycles. The molecule has 0 spiro atoms. The third-order valence-electron chi connectivity index (χ3n) is 2.12. The molecule has 0 bridgehead atoms. The van der Waals surface area contributed by atoms with E-state index in [-0.39, 0.29) is 6.42 Å². The van der Waals surface area contributed by atoms with Gasteiger partial charge in [0.2, 0.25) is 0 Å². The number of carbonyl (C=O) groups excluding carboxylic acids is 1. The fourth-order valence-electron chi connectivity index (χ4n) is 1.31. The topological polar surface area (TPSA) is 79.3 Å². The fraction of sp³-hybridized carbons (Fsp3) is 0.300. The van der Waals surface area contributed by atoms with Gasteiger partial charge in [-0.3, -0.25) is 4.79 Å². The van der Waals surface area contributed by atoms with Crippen LogP contribution < -0.4 is 5.32 Å². The normalized spacial score (nSPS) is 12.8. The highest BCUT2D eigenvalue weighted by atomic mass is 79.9. The third kappa shape index (κ3) is 5.08. The lowest BCUT2D eigenvalue weighted by Crippen LogP contribution is -2.47. The Morgan fingerprint density at radius 3 is 2.20 bits per heavy atom. The summed E-state index contributed by atoms with van der Waals surface area (Å²) in [6.45, 7) is 0. The average Bonchev–Trinajstić information content (AvgIpc) is 2.24. The van der Waals surface area contributed by atoms with E-state index in [1.807, 2.05) is 0 Å². The van der Waals surface area contributed by atoms with E-state index in [2.05, 4.69) is 36.8 Å². The first-order chi connectivity index (χ1) is 9.09. The van der Waals surface area contributed by atoms with Crippen LogP contribution in [0.1, 0.15) is 5.56 Å². The van der Waals surface area contributed by atoms with Crippen molar-refractivity contribution >= 4 is 43.7 Å². The molecule has 5 nitrogen and oxygen atoms in total. The number of hydrogen-bond donors (Lipinski definition) is 2. The maximum absolute atomic E-state index is 12.1. The van der Waals surface area contributed by atoms with Crippen LogP contribution >= 0.6 is 31.9 Å². The Morgan fingerprint density at radius 1 is 1.30 bits per heavy atom. The molecule has 2 N–H and O–H groups in total. The Morgan fingerprint density at radius 2 is 1.80 bits per heavy atom. The SMILES string of the molecule is O=C(O)C(Cc1cc(Br)nc(Br)c1)NC(=O)C(F)(F)F. The smallest absolute Gasteiger partial charge is 0.471 e. The summed E-state index contributed by atoms with van der Waals surface area (Å²) in [4.78, 5) is 25.6. The van der Waals surface area contributed by atoms with Gasteiger partial charge < -0.3 is 10.4 Å². The zero-order valence-electron chi connectivity index (χ0n) is 9.54. The predicted molar refractivity (Wildman–Crippen MR) is 69.0 cm³/mol. The van der Waals surface area contributed by atoms with Crippen LogP contribution in [-0.2, 0) is 16.0 Å². The summed E-state index contributed by atoms with van der Waals surface area (Å²) in [6.07, 6.45) is -5.44. The summed E-state index contributed by atoms with van der Waals surface area (Å²) in [5.41, 5.74) is 0.397. The number of aromatic nitrogens is 1. The minimum absolute atomic E-state index is 0.309. The second-order valence-electron chi connectivity index (χ2n) is 3.69. The summed E-state index contributed by atoms with van der Waals surface area (Å²) in [6, 6.07) is 1.20. The molecule has 1 rings (SSSR count). The van der Waals surface area contributed by atoms with Crippen LogP contribution in [0.3, 0.4) is 0 Å². The van der Waals surface area contributed by atoms with Gasteiger partial charge in [-0.05, 0) is 49.6 Å². The number of alkyl halides is 3. The van der Waals surface area contributed by atoms with Crippen LogP contribution in [0.25, 0.3) is 0 Å². The Labute approximate surface area is 127 Å². The Hall–Kier alpha value is -1.16. The van der Waals surface area contributed by atoms with Crippen molar-refractivity contribution in [2.24, 2.45) is 0 Å². The molecule has 0 saturated carbocycles. The first-order valence-corrected chi connectivity index (χ1v) is 6.60. The summed E-state index contributed by atoms with van der Waals surface area (Å²) in [5.74, 6) is -3.86. The van der Waals surface area contributed by atoms with Gasteiger partial charge in [-0.2, -0.15) is 13.2 Å². The van der Waals surface area contributed by atoms with Crippen molar-refractivity contribution in [1.29, 1.82) is 0 Å². The van der Waals surface area contributed by atoms with Crippen molar-refractivity contribution in [3.63, 3.8) is 0 Å². The lowest BCUT2D eigenvalue weighted by Gasteiger charge is -2.16. The maximum atomic E-state index is 12.1. The van der Waals surface area contributed by atoms with Gasteiger partial charge in [0.25, 0.3) is 0 Å². The molecule has 1 amide bonds. The number of aliphatic carboxylic acids is 1. The zero-order chi connectivity index (χ0) is 15.5. The van der Waals surface area contributed by atoms with Gasteiger partial charge in [0, 0.05) is 6.42 Å². The molecule has 0 aromatic carbocycles. The number of amides is 1. The van der Waals surface area contributed by atoms with E-state index in [4.69, 9.17) is 5.11 Å². The van der Waals surface area contributed by atoms with Gasteiger partial charge >= 0.3 is 18.1 Å². The molecule has 1 unspecified atom stereocenters. The van der Waals surface area contributed by atoms with Gasteiger partial charge in [-0.15, -0.1) is 0 Å². The van der Waals surface area contributed by atoms with Crippen molar-refractivity contribution < 1.29 is 27.9 Å². The number of rotatable bonds is 4. The molecular formula is C10H7Br2F3N2O3. The molecular weight excluding hydrogens is 413 g/mol.